The van der Waals surface area contributed by atoms with Gasteiger partial charge in [0.1, 0.15) is 5.75 Å². The number of phenols is 1. The molecular weight excluding hydrogens is 138 g/mol. The van der Waals surface area contributed by atoms with Crippen LogP contribution in [0, 0.1) is 0 Å². The fraction of sp³-hybridized carbons (Fsp3) is 0.333. The van der Waals surface area contributed by atoms with E-state index in [1.807, 2.05) is 12.1 Å². The molecule has 0 amide bonds. The van der Waals surface area contributed by atoms with Crippen molar-refractivity contribution in [2.45, 2.75) is 19.4 Å². The lowest BCUT2D eigenvalue weighted by Crippen LogP contribution is -2.08. The molecule has 2 rings (SSSR count). The van der Waals surface area contributed by atoms with Crippen LogP contribution in [-0.4, -0.2) is 11.1 Å². The molecule has 1 aromatic rings. The average molecular weight is 149 g/mol. The first-order valence-corrected chi connectivity index (χ1v) is 3.85. The van der Waals surface area contributed by atoms with Gasteiger partial charge in [0.2, 0.25) is 0 Å². The van der Waals surface area contributed by atoms with E-state index in [1.54, 1.807) is 6.07 Å². The van der Waals surface area contributed by atoms with Crippen LogP contribution in [0.2, 0.25) is 0 Å². The molecule has 1 heterocycles. The number of fused-ring (bicyclic) bond motifs is 1. The van der Waals surface area contributed by atoms with Crippen molar-refractivity contribution in [1.82, 2.24) is 0 Å². The van der Waals surface area contributed by atoms with Gasteiger partial charge in [-0.25, -0.2) is 0 Å². The van der Waals surface area contributed by atoms with E-state index in [4.69, 9.17) is 0 Å². The number of rotatable bonds is 0. The number of nitrogens with one attached hydrogen (secondary N) is 1. The Labute approximate surface area is 65.9 Å². The molecular formula is C9H11NO. The third-order valence-electron chi connectivity index (χ3n) is 2.06. The summed E-state index contributed by atoms with van der Waals surface area (Å²) >= 11 is 0. The van der Waals surface area contributed by atoms with Crippen LogP contribution in [0.3, 0.4) is 0 Å². The maximum atomic E-state index is 9.41. The summed E-state index contributed by atoms with van der Waals surface area (Å²) in [5.41, 5.74) is 2.14. The molecule has 11 heavy (non-hydrogen) atoms. The summed E-state index contributed by atoms with van der Waals surface area (Å²) in [6, 6.07) is 6.05. The van der Waals surface area contributed by atoms with Crippen molar-refractivity contribution in [1.29, 1.82) is 0 Å². The van der Waals surface area contributed by atoms with Gasteiger partial charge in [-0.15, -0.1) is 0 Å². The van der Waals surface area contributed by atoms with Gasteiger partial charge in [-0.3, -0.25) is 0 Å². The molecule has 0 spiro atoms. The topological polar surface area (TPSA) is 32.3 Å². The van der Waals surface area contributed by atoms with Crippen molar-refractivity contribution in [3.63, 3.8) is 0 Å². The third-order valence-corrected chi connectivity index (χ3v) is 2.06. The summed E-state index contributed by atoms with van der Waals surface area (Å²) in [4.78, 5) is 0. The van der Waals surface area contributed by atoms with Gasteiger partial charge in [-0.2, -0.15) is 0 Å². The standard InChI is InChI=1S/C9H11NO/c1-6-5-7-8(10-6)3-2-4-9(7)11/h2-4,6,10-11H,5H2,1H3/t6-/m0/s1. The van der Waals surface area contributed by atoms with Gasteiger partial charge in [-0.05, 0) is 25.5 Å². The Morgan fingerprint density at radius 1 is 1.55 bits per heavy atom. The monoisotopic (exact) mass is 149 g/mol. The molecule has 2 nitrogen and oxygen atoms in total. The van der Waals surface area contributed by atoms with Crippen molar-refractivity contribution in [2.75, 3.05) is 5.32 Å². The maximum Gasteiger partial charge on any atom is 0.120 e. The van der Waals surface area contributed by atoms with Gasteiger partial charge in [0.15, 0.2) is 0 Å². The Hall–Kier alpha value is -1.18. The first kappa shape index (κ1) is 6.53. The van der Waals surface area contributed by atoms with Crippen LogP contribution in [0.4, 0.5) is 5.69 Å². The van der Waals surface area contributed by atoms with Crippen LogP contribution < -0.4 is 5.32 Å². The summed E-state index contributed by atoms with van der Waals surface area (Å²) in [7, 11) is 0. The predicted molar refractivity (Wildman–Crippen MR) is 44.9 cm³/mol. The lowest BCUT2D eigenvalue weighted by Gasteiger charge is -2.00. The van der Waals surface area contributed by atoms with E-state index in [1.165, 1.54) is 0 Å². The molecule has 58 valence electrons. The Morgan fingerprint density at radius 2 is 2.36 bits per heavy atom. The van der Waals surface area contributed by atoms with Gasteiger partial charge < -0.3 is 10.4 Å². The molecule has 1 aliphatic rings. The van der Waals surface area contributed by atoms with E-state index in [-0.39, 0.29) is 0 Å². The Morgan fingerprint density at radius 3 is 3.09 bits per heavy atom. The van der Waals surface area contributed by atoms with Gasteiger partial charge in [0, 0.05) is 17.3 Å². The summed E-state index contributed by atoms with van der Waals surface area (Å²) in [6.45, 7) is 2.11. The van der Waals surface area contributed by atoms with Crippen LogP contribution in [0.5, 0.6) is 5.75 Å². The molecule has 0 bridgehead atoms. The van der Waals surface area contributed by atoms with E-state index < -0.39 is 0 Å². The van der Waals surface area contributed by atoms with E-state index in [0.717, 1.165) is 17.7 Å². The lowest BCUT2D eigenvalue weighted by molar-refractivity contribution is 0.469. The number of phenolic OH excluding ortho intramolecular Hbond substituents is 1. The lowest BCUT2D eigenvalue weighted by atomic mass is 10.1. The highest BCUT2D eigenvalue weighted by molar-refractivity contribution is 5.61. The molecule has 1 aromatic carbocycles. The minimum absolute atomic E-state index is 0.416. The highest BCUT2D eigenvalue weighted by Gasteiger charge is 2.18. The zero-order chi connectivity index (χ0) is 7.84. The van der Waals surface area contributed by atoms with E-state index >= 15 is 0 Å². The SMILES string of the molecule is C[C@H]1Cc2c(O)cccc2N1. The van der Waals surface area contributed by atoms with E-state index in [9.17, 15) is 5.11 Å². The summed E-state index contributed by atoms with van der Waals surface area (Å²) in [6.07, 6.45) is 0.933. The normalized spacial score (nSPS) is 21.0. The average Bonchev–Trinajstić information content (AvgIpc) is 2.31. The Bertz CT molecular complexity index is 283. The second kappa shape index (κ2) is 2.16. The molecule has 0 aliphatic carbocycles. The predicted octanol–water partition coefficient (Wildman–Crippen LogP) is 1.75. The number of hydrogen-bond donors (Lipinski definition) is 2. The fourth-order valence-corrected chi connectivity index (χ4v) is 1.55. The van der Waals surface area contributed by atoms with Crippen LogP contribution in [0.25, 0.3) is 0 Å². The molecule has 0 fully saturated rings. The van der Waals surface area contributed by atoms with Gasteiger partial charge in [0.25, 0.3) is 0 Å². The zero-order valence-electron chi connectivity index (χ0n) is 6.46. The summed E-state index contributed by atoms with van der Waals surface area (Å²) in [5, 5.41) is 12.7. The summed E-state index contributed by atoms with van der Waals surface area (Å²) < 4.78 is 0. The minimum Gasteiger partial charge on any atom is -0.508 e. The molecule has 2 heteroatoms. The number of benzene rings is 1. The smallest absolute Gasteiger partial charge is 0.120 e. The molecule has 2 N–H and O–H groups in total. The minimum atomic E-state index is 0.416. The Kier molecular flexibility index (Phi) is 1.28. The molecule has 0 unspecified atom stereocenters. The molecule has 0 radical (unpaired) electrons. The third kappa shape index (κ3) is 0.946. The van der Waals surface area contributed by atoms with E-state index in [0.29, 0.717) is 11.8 Å². The van der Waals surface area contributed by atoms with Crippen molar-refractivity contribution >= 4 is 5.69 Å². The highest BCUT2D eigenvalue weighted by atomic mass is 16.3. The molecule has 0 saturated carbocycles. The second-order valence-corrected chi connectivity index (χ2v) is 3.05. The first-order valence-electron chi connectivity index (χ1n) is 3.85. The van der Waals surface area contributed by atoms with Crippen LogP contribution in [0.15, 0.2) is 18.2 Å². The second-order valence-electron chi connectivity index (χ2n) is 3.05. The number of aromatic hydroxyl groups is 1. The largest absolute Gasteiger partial charge is 0.508 e. The van der Waals surface area contributed by atoms with Gasteiger partial charge in [-0.1, -0.05) is 6.07 Å². The van der Waals surface area contributed by atoms with Crippen molar-refractivity contribution in [2.24, 2.45) is 0 Å². The zero-order valence-corrected chi connectivity index (χ0v) is 6.46. The van der Waals surface area contributed by atoms with Crippen molar-refractivity contribution in [3.8, 4) is 5.75 Å². The summed E-state index contributed by atoms with van der Waals surface area (Å²) in [5.74, 6) is 0.416. The molecule has 0 saturated heterocycles. The molecule has 1 atom stereocenters. The van der Waals surface area contributed by atoms with Gasteiger partial charge >= 0.3 is 0 Å². The van der Waals surface area contributed by atoms with Gasteiger partial charge in [0.05, 0.1) is 0 Å². The number of anilines is 1. The molecule has 0 aromatic heterocycles. The highest BCUT2D eigenvalue weighted by Crippen LogP contribution is 2.32. The van der Waals surface area contributed by atoms with Crippen LogP contribution in [0.1, 0.15) is 12.5 Å². The van der Waals surface area contributed by atoms with Crippen LogP contribution in [-0.2, 0) is 6.42 Å². The van der Waals surface area contributed by atoms with Crippen LogP contribution >= 0.6 is 0 Å². The van der Waals surface area contributed by atoms with Crippen molar-refractivity contribution < 1.29 is 5.11 Å². The van der Waals surface area contributed by atoms with Crippen molar-refractivity contribution in [3.05, 3.63) is 23.8 Å². The molecule has 1 aliphatic heterocycles. The quantitative estimate of drug-likeness (QED) is 0.589. The Balaban J connectivity index is 2.49. The maximum absolute atomic E-state index is 9.41. The van der Waals surface area contributed by atoms with E-state index in [2.05, 4.69) is 12.2 Å². The number of hydrogen-bond acceptors (Lipinski definition) is 2. The first-order chi connectivity index (χ1) is 5.27. The fourth-order valence-electron chi connectivity index (χ4n) is 1.55.